The molecule has 0 aliphatic carbocycles. The molecule has 92 valence electrons. The number of piperazine rings is 1. The molecule has 0 spiro atoms. The van der Waals surface area contributed by atoms with Crippen LogP contribution in [0.3, 0.4) is 0 Å². The lowest BCUT2D eigenvalue weighted by Gasteiger charge is -2.46. The summed E-state index contributed by atoms with van der Waals surface area (Å²) in [6.07, 6.45) is 0.00738. The lowest BCUT2D eigenvalue weighted by molar-refractivity contribution is -0.00616. The average molecular weight is 223 g/mol. The fourth-order valence-corrected chi connectivity index (χ4v) is 2.27. The van der Waals surface area contributed by atoms with Crippen molar-refractivity contribution >= 4 is 0 Å². The van der Waals surface area contributed by atoms with Gasteiger partial charge < -0.3 is 0 Å². The maximum Gasteiger partial charge on any atom is 0.292 e. The van der Waals surface area contributed by atoms with Crippen molar-refractivity contribution in [1.82, 2.24) is 9.80 Å². The number of nitrogens with zero attached hydrogens (tertiary/aromatic N) is 3. The van der Waals surface area contributed by atoms with Crippen LogP contribution in [0.2, 0.25) is 0 Å². The Hall–Kier alpha value is -0.590. The minimum Gasteiger partial charge on any atom is -0.295 e. The van der Waals surface area contributed by atoms with Gasteiger partial charge in [0.1, 0.15) is 0 Å². The molecule has 1 aliphatic heterocycles. The SMILES string of the molecule is [C-]#[N+][C@@H]1CN(C(C)(C)C)CCN1C(C)(C)C. The van der Waals surface area contributed by atoms with Crippen LogP contribution >= 0.6 is 0 Å². The summed E-state index contributed by atoms with van der Waals surface area (Å²) in [7, 11) is 0. The molecule has 0 unspecified atom stereocenters. The maximum absolute atomic E-state index is 7.36. The summed E-state index contributed by atoms with van der Waals surface area (Å²) in [5, 5.41) is 0. The van der Waals surface area contributed by atoms with Gasteiger partial charge in [-0.05, 0) is 41.5 Å². The van der Waals surface area contributed by atoms with E-state index in [1.807, 2.05) is 0 Å². The highest BCUT2D eigenvalue weighted by molar-refractivity contribution is 4.96. The van der Waals surface area contributed by atoms with Crippen LogP contribution in [0.15, 0.2) is 0 Å². The zero-order valence-electron chi connectivity index (χ0n) is 11.5. The van der Waals surface area contributed by atoms with Gasteiger partial charge in [0.15, 0.2) is 0 Å². The van der Waals surface area contributed by atoms with Gasteiger partial charge in [-0.2, -0.15) is 0 Å². The van der Waals surface area contributed by atoms with Gasteiger partial charge >= 0.3 is 0 Å². The van der Waals surface area contributed by atoms with Crippen molar-refractivity contribution in [2.75, 3.05) is 19.6 Å². The molecule has 0 aromatic rings. The first kappa shape index (κ1) is 13.5. The van der Waals surface area contributed by atoms with Crippen molar-refractivity contribution < 1.29 is 0 Å². The summed E-state index contributed by atoms with van der Waals surface area (Å²) in [6, 6.07) is 0. The minimum atomic E-state index is 0.00738. The van der Waals surface area contributed by atoms with Crippen LogP contribution < -0.4 is 0 Å². The second-order valence-electron chi connectivity index (χ2n) is 6.59. The molecule has 3 nitrogen and oxygen atoms in total. The molecular weight excluding hydrogens is 198 g/mol. The van der Waals surface area contributed by atoms with E-state index in [0.717, 1.165) is 19.6 Å². The second kappa shape index (κ2) is 4.35. The zero-order chi connectivity index (χ0) is 12.6. The third-order valence-electron chi connectivity index (χ3n) is 3.31. The molecule has 16 heavy (non-hydrogen) atoms. The molecule has 0 N–H and O–H groups in total. The third kappa shape index (κ3) is 2.96. The van der Waals surface area contributed by atoms with E-state index in [9.17, 15) is 0 Å². The molecule has 3 heteroatoms. The van der Waals surface area contributed by atoms with Crippen molar-refractivity contribution in [1.29, 1.82) is 0 Å². The van der Waals surface area contributed by atoms with Gasteiger partial charge in [-0.25, -0.2) is 11.5 Å². The van der Waals surface area contributed by atoms with Crippen LogP contribution in [0.1, 0.15) is 41.5 Å². The molecule has 0 aromatic carbocycles. The molecule has 0 bridgehead atoms. The molecule has 1 fully saturated rings. The lowest BCUT2D eigenvalue weighted by atomic mass is 10.00. The number of rotatable bonds is 0. The van der Waals surface area contributed by atoms with Gasteiger partial charge in [0, 0.05) is 24.2 Å². The molecule has 0 radical (unpaired) electrons. The smallest absolute Gasteiger partial charge is 0.292 e. The summed E-state index contributed by atoms with van der Waals surface area (Å²) in [4.78, 5) is 8.53. The summed E-state index contributed by atoms with van der Waals surface area (Å²) >= 11 is 0. The van der Waals surface area contributed by atoms with Crippen LogP contribution in [0.4, 0.5) is 0 Å². The second-order valence-corrected chi connectivity index (χ2v) is 6.59. The molecular formula is C13H25N3. The first-order chi connectivity index (χ1) is 7.16. The monoisotopic (exact) mass is 223 g/mol. The van der Waals surface area contributed by atoms with Gasteiger partial charge in [-0.15, -0.1) is 0 Å². The molecule has 1 aliphatic rings. The van der Waals surface area contributed by atoms with Gasteiger partial charge in [0.05, 0.1) is 6.54 Å². The van der Waals surface area contributed by atoms with Crippen LogP contribution in [0.5, 0.6) is 0 Å². The summed E-state index contributed by atoms with van der Waals surface area (Å²) in [5.41, 5.74) is 0.270. The van der Waals surface area contributed by atoms with Crippen LogP contribution in [-0.4, -0.2) is 46.7 Å². The molecule has 1 heterocycles. The van der Waals surface area contributed by atoms with E-state index in [2.05, 4.69) is 56.2 Å². The van der Waals surface area contributed by atoms with Crippen molar-refractivity contribution in [3.63, 3.8) is 0 Å². The predicted octanol–water partition coefficient (Wildman–Crippen LogP) is 2.45. The Kier molecular flexibility index (Phi) is 3.66. The van der Waals surface area contributed by atoms with Crippen molar-refractivity contribution in [2.24, 2.45) is 0 Å². The quantitative estimate of drug-likeness (QED) is 0.584. The van der Waals surface area contributed by atoms with E-state index >= 15 is 0 Å². The summed E-state index contributed by atoms with van der Waals surface area (Å²) < 4.78 is 0. The van der Waals surface area contributed by atoms with Gasteiger partial charge in [-0.1, -0.05) is 0 Å². The van der Waals surface area contributed by atoms with Crippen LogP contribution in [0.25, 0.3) is 4.85 Å². The molecule has 1 atom stereocenters. The molecule has 0 saturated carbocycles. The molecule has 0 amide bonds. The zero-order valence-corrected chi connectivity index (χ0v) is 11.5. The highest BCUT2D eigenvalue weighted by Gasteiger charge is 2.40. The summed E-state index contributed by atoms with van der Waals surface area (Å²) in [6.45, 7) is 23.5. The van der Waals surface area contributed by atoms with E-state index in [1.165, 1.54) is 0 Å². The number of hydrogen-bond donors (Lipinski definition) is 0. The maximum atomic E-state index is 7.36. The van der Waals surface area contributed by atoms with E-state index in [0.29, 0.717) is 0 Å². The van der Waals surface area contributed by atoms with Gasteiger partial charge in [-0.3, -0.25) is 9.74 Å². The highest BCUT2D eigenvalue weighted by atomic mass is 15.4. The van der Waals surface area contributed by atoms with E-state index < -0.39 is 0 Å². The fourth-order valence-electron chi connectivity index (χ4n) is 2.27. The molecule has 1 saturated heterocycles. The van der Waals surface area contributed by atoms with Crippen molar-refractivity contribution in [2.45, 2.75) is 58.8 Å². The first-order valence-electron chi connectivity index (χ1n) is 6.04. The Labute approximate surface area is 100 Å². The summed E-state index contributed by atoms with van der Waals surface area (Å²) in [5.74, 6) is 0. The Bertz CT molecular complexity index is 277. The van der Waals surface area contributed by atoms with E-state index in [1.54, 1.807) is 0 Å². The van der Waals surface area contributed by atoms with Gasteiger partial charge in [0.2, 0.25) is 0 Å². The standard InChI is InChI=1S/C13H25N3/c1-12(2,3)15-8-9-16(13(4,5)6)11(10-15)14-7/h11H,8-10H2,1-6H3/t11-/m0/s1. The minimum absolute atomic E-state index is 0.00738. The van der Waals surface area contributed by atoms with Gasteiger partial charge in [0.25, 0.3) is 6.17 Å². The Balaban J connectivity index is 2.77. The third-order valence-corrected chi connectivity index (χ3v) is 3.31. The molecule has 1 rings (SSSR count). The topological polar surface area (TPSA) is 10.8 Å². The molecule has 0 aromatic heterocycles. The number of hydrogen-bond acceptors (Lipinski definition) is 2. The first-order valence-corrected chi connectivity index (χ1v) is 6.04. The fraction of sp³-hybridized carbons (Fsp3) is 0.923. The Morgan fingerprint density at radius 3 is 1.94 bits per heavy atom. The van der Waals surface area contributed by atoms with Crippen molar-refractivity contribution in [3.05, 3.63) is 11.4 Å². The lowest BCUT2D eigenvalue weighted by Crippen LogP contribution is -2.61. The van der Waals surface area contributed by atoms with Crippen LogP contribution in [-0.2, 0) is 0 Å². The predicted molar refractivity (Wildman–Crippen MR) is 68.2 cm³/mol. The Morgan fingerprint density at radius 1 is 1.00 bits per heavy atom. The largest absolute Gasteiger partial charge is 0.295 e. The van der Waals surface area contributed by atoms with E-state index in [4.69, 9.17) is 6.57 Å². The highest BCUT2D eigenvalue weighted by Crippen LogP contribution is 2.25. The van der Waals surface area contributed by atoms with E-state index in [-0.39, 0.29) is 17.2 Å². The average Bonchev–Trinajstić information content (AvgIpc) is 2.14. The Morgan fingerprint density at radius 2 is 1.56 bits per heavy atom. The normalized spacial score (nSPS) is 25.4. The van der Waals surface area contributed by atoms with Crippen molar-refractivity contribution in [3.8, 4) is 0 Å². The van der Waals surface area contributed by atoms with Crippen LogP contribution in [0, 0.1) is 6.57 Å².